The van der Waals surface area contributed by atoms with Gasteiger partial charge in [0.05, 0.1) is 12.6 Å². The molecule has 1 aliphatic rings. The minimum atomic E-state index is -4.74. The van der Waals surface area contributed by atoms with E-state index in [0.29, 0.717) is 0 Å². The van der Waals surface area contributed by atoms with Crippen LogP contribution in [0.5, 0.6) is 0 Å². The van der Waals surface area contributed by atoms with E-state index in [9.17, 15) is 4.57 Å². The SMILES string of the molecule is [B][C@@H]1O[C@H](CO)C(OP(=O)(O)O)C1NO. The zero-order chi connectivity index (χ0) is 11.6. The molecule has 1 saturated heterocycles. The largest absolute Gasteiger partial charge is 0.470 e. The predicted octanol–water partition coefficient (Wildman–Crippen LogP) is -2.30. The van der Waals surface area contributed by atoms with Crippen LogP contribution < -0.4 is 5.48 Å². The van der Waals surface area contributed by atoms with E-state index in [-0.39, 0.29) is 0 Å². The summed E-state index contributed by atoms with van der Waals surface area (Å²) in [7, 11) is 0.636. The summed E-state index contributed by atoms with van der Waals surface area (Å²) in [5.74, 6) is 0. The van der Waals surface area contributed by atoms with Crippen molar-refractivity contribution in [2.24, 2.45) is 0 Å². The van der Waals surface area contributed by atoms with Gasteiger partial charge in [0.15, 0.2) is 0 Å². The lowest BCUT2D eigenvalue weighted by Gasteiger charge is -2.21. The van der Waals surface area contributed by atoms with Crippen LogP contribution in [0.2, 0.25) is 0 Å². The molecular formula is C5H11BNO7P. The third kappa shape index (κ3) is 3.23. The van der Waals surface area contributed by atoms with Crippen molar-refractivity contribution in [3.63, 3.8) is 0 Å². The lowest BCUT2D eigenvalue weighted by atomic mass is 9.91. The van der Waals surface area contributed by atoms with Crippen molar-refractivity contribution in [3.8, 4) is 0 Å². The highest BCUT2D eigenvalue weighted by Crippen LogP contribution is 2.41. The number of ether oxygens (including phenoxy) is 1. The zero-order valence-electron chi connectivity index (χ0n) is 7.55. The van der Waals surface area contributed by atoms with Gasteiger partial charge in [-0.1, -0.05) is 0 Å². The number of aliphatic hydroxyl groups is 1. The molecule has 0 aliphatic carbocycles. The second-order valence-electron chi connectivity index (χ2n) is 3.04. The minimum Gasteiger partial charge on any atom is -0.394 e. The van der Waals surface area contributed by atoms with Crippen LogP contribution in [0.1, 0.15) is 0 Å². The van der Waals surface area contributed by atoms with Gasteiger partial charge < -0.3 is 24.8 Å². The summed E-state index contributed by atoms with van der Waals surface area (Å²) >= 11 is 0. The molecule has 0 bridgehead atoms. The van der Waals surface area contributed by atoms with Gasteiger partial charge >= 0.3 is 7.82 Å². The van der Waals surface area contributed by atoms with Gasteiger partial charge in [-0.15, -0.1) is 0 Å². The molecule has 0 spiro atoms. The van der Waals surface area contributed by atoms with E-state index in [1.807, 2.05) is 0 Å². The first-order valence-electron chi connectivity index (χ1n) is 4.04. The number of hydroxylamine groups is 1. The third-order valence-electron chi connectivity index (χ3n) is 1.99. The van der Waals surface area contributed by atoms with Gasteiger partial charge in [-0.3, -0.25) is 4.52 Å². The lowest BCUT2D eigenvalue weighted by molar-refractivity contribution is -0.00648. The first kappa shape index (κ1) is 13.1. The lowest BCUT2D eigenvalue weighted by Crippen LogP contribution is -2.45. The number of phosphoric ester groups is 1. The fourth-order valence-electron chi connectivity index (χ4n) is 1.37. The molecule has 1 rings (SSSR count). The van der Waals surface area contributed by atoms with Crippen molar-refractivity contribution in [1.82, 2.24) is 5.48 Å². The van der Waals surface area contributed by atoms with Gasteiger partial charge in [-0.25, -0.2) is 4.57 Å². The number of hydrogen-bond donors (Lipinski definition) is 5. The summed E-state index contributed by atoms with van der Waals surface area (Å²) in [6, 6.07) is -2.04. The second kappa shape index (κ2) is 4.90. The van der Waals surface area contributed by atoms with Crippen molar-refractivity contribution < 1.29 is 33.9 Å². The molecule has 0 aromatic heterocycles. The monoisotopic (exact) mass is 239 g/mol. The summed E-state index contributed by atoms with van der Waals surface area (Å²) in [5, 5.41) is 17.5. The Hall–Kier alpha value is 0.0149. The molecule has 8 nitrogen and oxygen atoms in total. The maximum atomic E-state index is 10.6. The molecule has 86 valence electrons. The number of hydrogen-bond acceptors (Lipinski definition) is 6. The molecule has 4 atom stereocenters. The fraction of sp³-hybridized carbons (Fsp3) is 1.00. The van der Waals surface area contributed by atoms with Gasteiger partial charge in [-0.05, 0) is 0 Å². The predicted molar refractivity (Wildman–Crippen MR) is 47.1 cm³/mol. The van der Waals surface area contributed by atoms with Crippen LogP contribution in [0.3, 0.4) is 0 Å². The van der Waals surface area contributed by atoms with Crippen LogP contribution in [-0.2, 0) is 13.8 Å². The van der Waals surface area contributed by atoms with Crippen molar-refractivity contribution in [2.45, 2.75) is 24.3 Å². The Morgan fingerprint density at radius 1 is 1.53 bits per heavy atom. The number of phosphoric acid groups is 1. The van der Waals surface area contributed by atoms with Crippen LogP contribution >= 0.6 is 7.82 Å². The summed E-state index contributed by atoms with van der Waals surface area (Å²) in [6.07, 6.45) is -2.23. The van der Waals surface area contributed by atoms with Crippen molar-refractivity contribution in [2.75, 3.05) is 6.61 Å². The third-order valence-corrected chi connectivity index (χ3v) is 2.51. The molecular weight excluding hydrogens is 228 g/mol. The topological polar surface area (TPSA) is 128 Å². The molecule has 0 aromatic rings. The van der Waals surface area contributed by atoms with Gasteiger partial charge in [0.2, 0.25) is 0 Å². The molecule has 0 amide bonds. The van der Waals surface area contributed by atoms with Crippen LogP contribution in [0.4, 0.5) is 0 Å². The van der Waals surface area contributed by atoms with Gasteiger partial charge in [0.25, 0.3) is 0 Å². The Balaban J connectivity index is 2.76. The van der Waals surface area contributed by atoms with Crippen molar-refractivity contribution >= 4 is 15.7 Å². The Morgan fingerprint density at radius 3 is 2.53 bits per heavy atom. The smallest absolute Gasteiger partial charge is 0.394 e. The Labute approximate surface area is 86.8 Å². The number of nitrogens with one attached hydrogen (secondary N) is 1. The summed E-state index contributed by atoms with van der Waals surface area (Å²) in [5.41, 5.74) is 1.72. The van der Waals surface area contributed by atoms with E-state index in [4.69, 9.17) is 32.7 Å². The quantitative estimate of drug-likeness (QED) is 0.210. The van der Waals surface area contributed by atoms with Crippen LogP contribution in [0.15, 0.2) is 0 Å². The molecule has 10 heteroatoms. The summed E-state index contributed by atoms with van der Waals surface area (Å²) in [6.45, 7) is -0.531. The molecule has 2 unspecified atom stereocenters. The normalized spacial score (nSPS) is 37.1. The molecule has 15 heavy (non-hydrogen) atoms. The highest BCUT2D eigenvalue weighted by Gasteiger charge is 2.45. The molecule has 0 saturated carbocycles. The molecule has 1 fully saturated rings. The molecule has 0 aromatic carbocycles. The Kier molecular flexibility index (Phi) is 4.27. The van der Waals surface area contributed by atoms with E-state index in [1.165, 1.54) is 0 Å². The standard InChI is InChI=1S/C5H11BNO7P/c6-5-3(7-9)4(2(1-8)13-5)14-15(10,11)12/h2-5,7-9H,1H2,(H2,10,11,12)/t2-,3?,4?,5-/m1/s1. The molecule has 1 aliphatic heterocycles. The van der Waals surface area contributed by atoms with E-state index in [2.05, 4.69) is 4.52 Å². The van der Waals surface area contributed by atoms with E-state index in [1.54, 1.807) is 5.48 Å². The summed E-state index contributed by atoms with van der Waals surface area (Å²) < 4.78 is 19.9. The van der Waals surface area contributed by atoms with E-state index < -0.39 is 38.7 Å². The van der Waals surface area contributed by atoms with E-state index in [0.717, 1.165) is 0 Å². The molecule has 1 heterocycles. The summed E-state index contributed by atoms with van der Waals surface area (Å²) in [4.78, 5) is 17.2. The maximum Gasteiger partial charge on any atom is 0.470 e. The average molecular weight is 239 g/mol. The first-order chi connectivity index (χ1) is 6.89. The number of rotatable bonds is 4. The van der Waals surface area contributed by atoms with Gasteiger partial charge in [0, 0.05) is 6.00 Å². The molecule has 2 radical (unpaired) electrons. The van der Waals surface area contributed by atoms with Crippen LogP contribution in [0.25, 0.3) is 0 Å². The fourth-order valence-corrected chi connectivity index (χ4v) is 1.95. The second-order valence-corrected chi connectivity index (χ2v) is 4.23. The highest BCUT2D eigenvalue weighted by molar-refractivity contribution is 7.46. The van der Waals surface area contributed by atoms with Gasteiger partial charge in [0.1, 0.15) is 20.1 Å². The van der Waals surface area contributed by atoms with Crippen LogP contribution in [0, 0.1) is 0 Å². The van der Waals surface area contributed by atoms with Crippen LogP contribution in [-0.4, -0.2) is 58.8 Å². The highest BCUT2D eigenvalue weighted by atomic mass is 31.2. The average Bonchev–Trinajstić information content (AvgIpc) is 2.39. The zero-order valence-corrected chi connectivity index (χ0v) is 8.45. The first-order valence-corrected chi connectivity index (χ1v) is 5.57. The Morgan fingerprint density at radius 2 is 2.13 bits per heavy atom. The minimum absolute atomic E-state index is 0.531. The van der Waals surface area contributed by atoms with Crippen molar-refractivity contribution in [1.29, 1.82) is 0 Å². The Bertz CT molecular complexity index is 260. The van der Waals surface area contributed by atoms with Crippen molar-refractivity contribution in [3.05, 3.63) is 0 Å². The maximum absolute atomic E-state index is 10.6. The van der Waals surface area contributed by atoms with Gasteiger partial charge in [-0.2, -0.15) is 5.48 Å². The number of aliphatic hydroxyl groups excluding tert-OH is 1. The molecule has 5 N–H and O–H groups in total. The van der Waals surface area contributed by atoms with E-state index >= 15 is 0 Å².